The van der Waals surface area contributed by atoms with Gasteiger partial charge in [-0.2, -0.15) is 17.5 Å². The number of ether oxygens (including phenoxy) is 7. The van der Waals surface area contributed by atoms with Crippen molar-refractivity contribution in [1.82, 2.24) is 14.9 Å². The summed E-state index contributed by atoms with van der Waals surface area (Å²) in [6.07, 6.45) is -15.2. The minimum Gasteiger partial charge on any atom is -0.483 e. The summed E-state index contributed by atoms with van der Waals surface area (Å²) in [5, 5.41) is 54.6. The average Bonchev–Trinajstić information content (AvgIpc) is 3.34. The first kappa shape index (κ1) is 63.1. The molecule has 22 heteroatoms. The van der Waals surface area contributed by atoms with E-state index >= 15 is 0 Å². The van der Waals surface area contributed by atoms with Gasteiger partial charge in [0, 0.05) is 39.1 Å². The van der Waals surface area contributed by atoms with Crippen molar-refractivity contribution in [3.63, 3.8) is 0 Å². The third-order valence-corrected chi connectivity index (χ3v) is 17.9. The van der Waals surface area contributed by atoms with Gasteiger partial charge in [0.1, 0.15) is 34.8 Å². The van der Waals surface area contributed by atoms with E-state index in [0.29, 0.717) is 6.54 Å². The monoisotopic (exact) mass is 1110 g/mol. The quantitative estimate of drug-likeness (QED) is 0.0833. The number of sulfonamides is 1. The Bertz CT molecular complexity index is 2290. The van der Waals surface area contributed by atoms with Crippen molar-refractivity contribution >= 4 is 27.6 Å². The number of aliphatic hydroxyl groups is 4. The van der Waals surface area contributed by atoms with Gasteiger partial charge in [0.05, 0.1) is 57.5 Å². The van der Waals surface area contributed by atoms with Crippen LogP contribution in [0.25, 0.3) is 0 Å². The highest BCUT2D eigenvalue weighted by Gasteiger charge is 2.59. The first-order valence-electron chi connectivity index (χ1n) is 26.0. The van der Waals surface area contributed by atoms with Gasteiger partial charge in [-0.25, -0.2) is 8.42 Å². The molecule has 5 rings (SSSR count). The predicted molar refractivity (Wildman–Crippen MR) is 274 cm³/mol. The number of methoxy groups -OCH3 is 1. The van der Waals surface area contributed by atoms with Gasteiger partial charge in [0.25, 0.3) is 0 Å². The fraction of sp³-hybridized carbons (Fsp3) is 0.755. The van der Waals surface area contributed by atoms with Crippen molar-refractivity contribution < 1.29 is 80.0 Å². The molecule has 2 aromatic rings. The molecule has 0 spiro atoms. The number of likely N-dealkylation sites (N-methyl/N-ethyl adjacent to an activating group) is 1. The van der Waals surface area contributed by atoms with Crippen LogP contribution in [0.3, 0.4) is 0 Å². The first-order chi connectivity index (χ1) is 34.8. The summed E-state index contributed by atoms with van der Waals surface area (Å²) in [6.45, 7) is 19.4. The van der Waals surface area contributed by atoms with Gasteiger partial charge in [-0.3, -0.25) is 4.79 Å². The van der Waals surface area contributed by atoms with E-state index in [2.05, 4.69) is 10.6 Å². The molecule has 0 radical (unpaired) electrons. The molecule has 3 fully saturated rings. The van der Waals surface area contributed by atoms with Crippen LogP contribution in [-0.4, -0.2) is 163 Å². The third-order valence-electron chi connectivity index (χ3n) is 15.7. The van der Waals surface area contributed by atoms with E-state index in [1.165, 1.54) is 40.1 Å². The fourth-order valence-corrected chi connectivity index (χ4v) is 12.7. The van der Waals surface area contributed by atoms with Crippen LogP contribution in [0.1, 0.15) is 114 Å². The Kier molecular flexibility index (Phi) is 21.2. The predicted octanol–water partition coefficient (Wildman–Crippen LogP) is 6.45. The maximum atomic E-state index is 14.7. The maximum Gasteiger partial charge on any atom is 0.417 e. The van der Waals surface area contributed by atoms with Gasteiger partial charge in [-0.1, -0.05) is 57.5 Å². The summed E-state index contributed by atoms with van der Waals surface area (Å²) in [5.41, 5.74) is -7.81. The molecule has 3 heterocycles. The number of hydrogen-bond acceptors (Lipinski definition) is 16. The number of alkyl halides is 3. The largest absolute Gasteiger partial charge is 0.483 e. The number of cyclic esters (lactones) is 1. The normalized spacial score (nSPS) is 39.1. The molecule has 18 atom stereocenters. The Hall–Kier alpha value is -2.74. The highest BCUT2D eigenvalue weighted by molar-refractivity contribution is 7.89. The zero-order valence-electron chi connectivity index (χ0n) is 45.6. The van der Waals surface area contributed by atoms with E-state index in [-0.39, 0.29) is 55.3 Å². The number of rotatable bonds is 15. The van der Waals surface area contributed by atoms with Crippen LogP contribution in [-0.2, 0) is 49.4 Å². The Morgan fingerprint density at radius 1 is 0.947 bits per heavy atom. The van der Waals surface area contributed by atoms with E-state index < -0.39 is 134 Å². The van der Waals surface area contributed by atoms with Gasteiger partial charge in [0.15, 0.2) is 18.7 Å². The van der Waals surface area contributed by atoms with Crippen LogP contribution in [0.15, 0.2) is 53.4 Å². The molecule has 0 aliphatic carbocycles. The molecule has 0 amide bonds. The molecule has 3 aliphatic rings. The second-order valence-electron chi connectivity index (χ2n) is 21.8. The van der Waals surface area contributed by atoms with E-state index in [1.54, 1.807) is 66.7 Å². The molecule has 3 saturated heterocycles. The molecule has 0 aromatic heterocycles. The van der Waals surface area contributed by atoms with Crippen LogP contribution < -0.4 is 15.4 Å². The van der Waals surface area contributed by atoms with Crippen LogP contribution in [0.5, 0.6) is 5.75 Å². The van der Waals surface area contributed by atoms with Crippen molar-refractivity contribution in [1.29, 1.82) is 0 Å². The molecule has 0 bridgehead atoms. The minimum absolute atomic E-state index is 0.0115. The average molecular weight is 1110 g/mol. The summed E-state index contributed by atoms with van der Waals surface area (Å²) in [5.74, 6) is -3.71. The third kappa shape index (κ3) is 14.2. The summed E-state index contributed by atoms with van der Waals surface area (Å²) in [7, 11) is -1.47. The van der Waals surface area contributed by atoms with E-state index in [9.17, 15) is 46.8 Å². The van der Waals surface area contributed by atoms with Crippen molar-refractivity contribution in [3.05, 3.63) is 59.1 Å². The second-order valence-corrected chi connectivity index (χ2v) is 24.2. The molecule has 428 valence electrons. The topological polar surface area (TPSA) is 224 Å². The summed E-state index contributed by atoms with van der Waals surface area (Å²) >= 11 is 6.22. The summed E-state index contributed by atoms with van der Waals surface area (Å²) < 4.78 is 118. The molecular weight excluding hydrogens is 1030 g/mol. The smallest absolute Gasteiger partial charge is 0.417 e. The molecule has 17 nitrogen and oxygen atoms in total. The van der Waals surface area contributed by atoms with Gasteiger partial charge in [-0.05, 0) is 123 Å². The molecular formula is C53H83ClF3N3O14S. The Morgan fingerprint density at radius 3 is 2.19 bits per heavy atom. The zero-order chi connectivity index (χ0) is 56.2. The number of carbonyl (C=O) groups is 1. The highest BCUT2D eigenvalue weighted by Crippen LogP contribution is 2.44. The summed E-state index contributed by atoms with van der Waals surface area (Å²) in [6, 6.07) is 8.54. The van der Waals surface area contributed by atoms with E-state index in [1.807, 2.05) is 13.8 Å². The van der Waals surface area contributed by atoms with Crippen molar-refractivity contribution in [2.75, 3.05) is 33.8 Å². The van der Waals surface area contributed by atoms with Crippen LogP contribution in [0, 0.1) is 17.8 Å². The van der Waals surface area contributed by atoms with Crippen LogP contribution in [0.4, 0.5) is 13.2 Å². The molecule has 75 heavy (non-hydrogen) atoms. The van der Waals surface area contributed by atoms with Crippen LogP contribution >= 0.6 is 11.6 Å². The van der Waals surface area contributed by atoms with E-state index in [4.69, 9.17) is 44.8 Å². The maximum absolute atomic E-state index is 14.7. The van der Waals surface area contributed by atoms with Crippen molar-refractivity contribution in [3.8, 4) is 5.75 Å². The number of aliphatic hydroxyl groups excluding tert-OH is 1. The number of nitrogens with one attached hydrogen (secondary N) is 2. The molecule has 2 aromatic carbocycles. The number of carbonyl (C=O) groups excluding carboxylic acids is 1. The second kappa shape index (κ2) is 25.2. The Morgan fingerprint density at radius 2 is 1.60 bits per heavy atom. The molecule has 6 N–H and O–H groups in total. The lowest BCUT2D eigenvalue weighted by molar-refractivity contribution is -0.335. The summed E-state index contributed by atoms with van der Waals surface area (Å²) in [4.78, 5) is 14.7. The fourth-order valence-electron chi connectivity index (χ4n) is 11.1. The van der Waals surface area contributed by atoms with Crippen molar-refractivity contribution in [2.45, 2.75) is 209 Å². The van der Waals surface area contributed by atoms with Gasteiger partial charge < -0.3 is 64.2 Å². The Balaban J connectivity index is 1.69. The standard InChI is InChI=1S/C53H83ClF3N3O14S/c1-14-23-58-29-52(65)35(8)70-42(27-50(52,10)68-13)73-43-32(5)46(49(9,63)26-30(3)28-59-34(7)45(61)51(11,64)41(15-2)72-47(62)33(43)6)74-48-44(71-36-21-22-38(39(54)25-36)53(55,56)57)40(24-31(4)69-48)60(12)75(66,67)37-19-17-16-18-20-37/h16-22,25,30-35,40-46,48,58-59,61,63-65H,14-15,23-24,26-29H2,1-13H3/t30-,31-,32+,33-,34-,35+,40+,41-,42+,43+,44-,45-,46-,48+,49-,50-,51-,52+/m1/s1. The lowest BCUT2D eigenvalue weighted by Crippen LogP contribution is -2.70. The first-order valence-corrected chi connectivity index (χ1v) is 27.8. The number of halogens is 4. The molecule has 3 aliphatic heterocycles. The van der Waals surface area contributed by atoms with Crippen molar-refractivity contribution in [2.24, 2.45) is 17.8 Å². The molecule has 0 saturated carbocycles. The lowest BCUT2D eigenvalue weighted by Gasteiger charge is -2.53. The number of esters is 1. The van der Waals surface area contributed by atoms with E-state index in [0.717, 1.165) is 28.9 Å². The number of benzene rings is 2. The SMILES string of the molecule is CCCNC[C@]1(O)[C@H](C)O[C@@H](O[C@H]2[C@H](C)[C@@H](O[C@@H]3O[C@H](C)C[C@H](N(C)S(=O)(=O)c4ccccc4)[C@H]3Oc3ccc(C(F)(F)F)c(Cl)c3)[C@](C)(O)C[C@@H](C)CN[C@H](C)[C@@H](O)[C@](C)(O)[C@@H](CC)OC(=O)[C@@H]2C)C[C@@]1(C)OC. The van der Waals surface area contributed by atoms with Gasteiger partial charge in [0.2, 0.25) is 10.0 Å². The highest BCUT2D eigenvalue weighted by atomic mass is 35.5. The minimum atomic E-state index is -4.80. The van der Waals surface area contributed by atoms with Crippen LogP contribution in [0.2, 0.25) is 5.02 Å². The Labute approximate surface area is 446 Å². The molecule has 0 unspecified atom stereocenters. The van der Waals surface area contributed by atoms with Gasteiger partial charge >= 0.3 is 12.1 Å². The lowest BCUT2D eigenvalue weighted by atomic mass is 9.75. The zero-order valence-corrected chi connectivity index (χ0v) is 47.2. The van der Waals surface area contributed by atoms with Gasteiger partial charge in [-0.15, -0.1) is 0 Å². The number of hydrogen-bond donors (Lipinski definition) is 6. The number of nitrogens with zero attached hydrogens (tertiary/aromatic N) is 1.